The van der Waals surface area contributed by atoms with E-state index in [4.69, 9.17) is 4.74 Å². The SMILES string of the molecule is CCCCCCCCCCCCCCC/C=C/C(O)C(CO)NC(=O)CCCCCCCCCCCCCCCCCCCCCCCCCCCCCCCCCOC(=O)CCCCCCCCCCCCCCCCCCCC. The number of hydrogen-bond acceptors (Lipinski definition) is 5. The molecule has 0 aliphatic rings. The first-order chi connectivity index (χ1) is 40.0. The lowest BCUT2D eigenvalue weighted by Gasteiger charge is -2.20. The van der Waals surface area contributed by atoms with Crippen LogP contribution in [0.2, 0.25) is 0 Å². The molecule has 3 N–H and O–H groups in total. The molecule has 0 bridgehead atoms. The van der Waals surface area contributed by atoms with Gasteiger partial charge >= 0.3 is 5.97 Å². The van der Waals surface area contributed by atoms with Gasteiger partial charge in [-0.25, -0.2) is 0 Å². The van der Waals surface area contributed by atoms with E-state index in [1.54, 1.807) is 6.08 Å². The highest BCUT2D eigenvalue weighted by Gasteiger charge is 2.18. The van der Waals surface area contributed by atoms with Crippen molar-refractivity contribution in [2.24, 2.45) is 0 Å². The van der Waals surface area contributed by atoms with Crippen LogP contribution in [0.5, 0.6) is 0 Å². The number of amides is 1. The van der Waals surface area contributed by atoms with E-state index in [2.05, 4.69) is 19.2 Å². The quantitative estimate of drug-likeness (QED) is 0.0320. The first-order valence-corrected chi connectivity index (χ1v) is 37.5. The van der Waals surface area contributed by atoms with Crippen molar-refractivity contribution in [3.8, 4) is 0 Å². The van der Waals surface area contributed by atoms with Gasteiger partial charge in [-0.2, -0.15) is 0 Å². The van der Waals surface area contributed by atoms with Crippen molar-refractivity contribution < 1.29 is 24.5 Å². The van der Waals surface area contributed by atoms with E-state index in [-0.39, 0.29) is 18.5 Å². The summed E-state index contributed by atoms with van der Waals surface area (Å²) in [5.41, 5.74) is 0. The van der Waals surface area contributed by atoms with Crippen LogP contribution in [-0.4, -0.2) is 47.4 Å². The molecule has 0 radical (unpaired) electrons. The molecule has 0 aromatic rings. The zero-order valence-corrected chi connectivity index (χ0v) is 55.3. The maximum atomic E-state index is 12.5. The van der Waals surface area contributed by atoms with Crippen molar-refractivity contribution in [3.05, 3.63) is 12.2 Å². The Balaban J connectivity index is 3.31. The standard InChI is InChI=1S/C75H147NO5/c1-3-5-7-9-11-13-15-17-19-20-37-41-45-49-53-57-61-65-69-75(80)81-70-66-62-58-54-50-46-42-38-35-33-31-29-27-25-23-21-22-24-26-28-30-32-34-36-40-44-48-52-56-60-64-68-74(79)76-72(71-77)73(78)67-63-59-55-51-47-43-39-18-16-14-12-10-8-6-4-2/h63,67,72-73,77-78H,3-62,64-66,68-71H2,1-2H3,(H,76,79)/b67-63+. The molecule has 0 aliphatic heterocycles. The Morgan fingerprint density at radius 2 is 0.568 bits per heavy atom. The fraction of sp³-hybridized carbons (Fsp3) is 0.947. The molecule has 6 nitrogen and oxygen atoms in total. The Kier molecular flexibility index (Phi) is 69.9. The molecular weight excluding hydrogens is 995 g/mol. The van der Waals surface area contributed by atoms with Crippen molar-refractivity contribution in [2.75, 3.05) is 13.2 Å². The summed E-state index contributed by atoms with van der Waals surface area (Å²) in [7, 11) is 0. The number of ether oxygens (including phenoxy) is 1. The van der Waals surface area contributed by atoms with Gasteiger partial charge in [-0.15, -0.1) is 0 Å². The summed E-state index contributed by atoms with van der Waals surface area (Å²) in [6.07, 6.45) is 88.9. The molecule has 2 atom stereocenters. The Hall–Kier alpha value is -1.40. The summed E-state index contributed by atoms with van der Waals surface area (Å²) in [6, 6.07) is -0.624. The third kappa shape index (κ3) is 67.6. The lowest BCUT2D eigenvalue weighted by molar-refractivity contribution is -0.143. The van der Waals surface area contributed by atoms with Crippen LogP contribution in [0.15, 0.2) is 12.2 Å². The van der Waals surface area contributed by atoms with Crippen LogP contribution >= 0.6 is 0 Å². The van der Waals surface area contributed by atoms with Gasteiger partial charge in [0.1, 0.15) is 0 Å². The second kappa shape index (κ2) is 71.1. The normalized spacial score (nSPS) is 12.5. The average molecular weight is 1140 g/mol. The minimum absolute atomic E-state index is 0.0259. The highest BCUT2D eigenvalue weighted by molar-refractivity contribution is 5.76. The Bertz CT molecular complexity index is 1220. The van der Waals surface area contributed by atoms with Crippen LogP contribution in [0.3, 0.4) is 0 Å². The molecule has 0 saturated heterocycles. The Morgan fingerprint density at radius 1 is 0.333 bits per heavy atom. The fourth-order valence-electron chi connectivity index (χ4n) is 12.1. The fourth-order valence-corrected chi connectivity index (χ4v) is 12.1. The maximum Gasteiger partial charge on any atom is 0.305 e. The highest BCUT2D eigenvalue weighted by atomic mass is 16.5. The topological polar surface area (TPSA) is 95.9 Å². The monoisotopic (exact) mass is 1140 g/mol. The number of nitrogens with one attached hydrogen (secondary N) is 1. The van der Waals surface area contributed by atoms with Crippen LogP contribution in [0.1, 0.15) is 431 Å². The van der Waals surface area contributed by atoms with E-state index in [0.29, 0.717) is 19.4 Å². The Morgan fingerprint density at radius 3 is 0.840 bits per heavy atom. The van der Waals surface area contributed by atoms with Crippen LogP contribution in [0, 0.1) is 0 Å². The minimum Gasteiger partial charge on any atom is -0.466 e. The van der Waals surface area contributed by atoms with Gasteiger partial charge in [0.25, 0.3) is 0 Å². The molecule has 482 valence electrons. The molecule has 0 aromatic carbocycles. The van der Waals surface area contributed by atoms with Gasteiger partial charge in [0.05, 0.1) is 25.4 Å². The van der Waals surface area contributed by atoms with Gasteiger partial charge in [-0.3, -0.25) is 9.59 Å². The summed E-state index contributed by atoms with van der Waals surface area (Å²) >= 11 is 0. The molecule has 0 aromatic heterocycles. The van der Waals surface area contributed by atoms with E-state index in [0.717, 1.165) is 38.5 Å². The van der Waals surface area contributed by atoms with Crippen molar-refractivity contribution >= 4 is 11.9 Å². The van der Waals surface area contributed by atoms with E-state index >= 15 is 0 Å². The van der Waals surface area contributed by atoms with Gasteiger partial charge in [0, 0.05) is 12.8 Å². The Labute approximate surface area is 508 Å². The molecule has 0 fully saturated rings. The predicted octanol–water partition coefficient (Wildman–Crippen LogP) is 24.3. The molecule has 0 aliphatic carbocycles. The van der Waals surface area contributed by atoms with Gasteiger partial charge in [0.2, 0.25) is 5.91 Å². The van der Waals surface area contributed by atoms with Crippen LogP contribution in [0.25, 0.3) is 0 Å². The molecule has 0 spiro atoms. The molecule has 2 unspecified atom stereocenters. The van der Waals surface area contributed by atoms with Gasteiger partial charge in [0.15, 0.2) is 0 Å². The molecular formula is C75H147NO5. The first-order valence-electron chi connectivity index (χ1n) is 37.5. The number of carbonyl (C=O) groups is 2. The highest BCUT2D eigenvalue weighted by Crippen LogP contribution is 2.20. The predicted molar refractivity (Wildman–Crippen MR) is 357 cm³/mol. The summed E-state index contributed by atoms with van der Waals surface area (Å²) in [6.45, 7) is 4.95. The van der Waals surface area contributed by atoms with Crippen LogP contribution in [0.4, 0.5) is 0 Å². The first kappa shape index (κ1) is 79.6. The molecule has 0 saturated carbocycles. The smallest absolute Gasteiger partial charge is 0.305 e. The van der Waals surface area contributed by atoms with Crippen LogP contribution in [-0.2, 0) is 14.3 Å². The number of rotatable bonds is 71. The number of carbonyl (C=O) groups excluding carboxylic acids is 2. The number of hydrogen-bond donors (Lipinski definition) is 3. The lowest BCUT2D eigenvalue weighted by Crippen LogP contribution is -2.45. The largest absolute Gasteiger partial charge is 0.466 e. The van der Waals surface area contributed by atoms with Crippen molar-refractivity contribution in [1.29, 1.82) is 0 Å². The average Bonchev–Trinajstić information content (AvgIpc) is 3.47. The third-order valence-corrected chi connectivity index (χ3v) is 17.8. The summed E-state index contributed by atoms with van der Waals surface area (Å²) < 4.78 is 5.52. The third-order valence-electron chi connectivity index (χ3n) is 17.8. The van der Waals surface area contributed by atoms with E-state index < -0.39 is 12.1 Å². The summed E-state index contributed by atoms with van der Waals surface area (Å²) in [5, 5.41) is 23.2. The number of unbranched alkanes of at least 4 members (excludes halogenated alkanes) is 60. The molecule has 6 heteroatoms. The molecule has 0 rings (SSSR count). The number of aliphatic hydroxyl groups excluding tert-OH is 2. The summed E-state index contributed by atoms with van der Waals surface area (Å²) in [5.74, 6) is -0.0347. The maximum absolute atomic E-state index is 12.5. The molecule has 0 heterocycles. The lowest BCUT2D eigenvalue weighted by atomic mass is 10.0. The van der Waals surface area contributed by atoms with Gasteiger partial charge in [-0.1, -0.05) is 398 Å². The van der Waals surface area contributed by atoms with Crippen LogP contribution < -0.4 is 5.32 Å². The zero-order chi connectivity index (χ0) is 58.5. The van der Waals surface area contributed by atoms with E-state index in [1.165, 1.54) is 366 Å². The number of esters is 1. The van der Waals surface area contributed by atoms with Gasteiger partial charge < -0.3 is 20.3 Å². The van der Waals surface area contributed by atoms with Crippen molar-refractivity contribution in [2.45, 2.75) is 443 Å². The second-order valence-corrected chi connectivity index (χ2v) is 26.0. The minimum atomic E-state index is -0.840. The molecule has 81 heavy (non-hydrogen) atoms. The summed E-state index contributed by atoms with van der Waals surface area (Å²) in [4.78, 5) is 24.6. The van der Waals surface area contributed by atoms with Crippen molar-refractivity contribution in [3.63, 3.8) is 0 Å². The van der Waals surface area contributed by atoms with E-state index in [9.17, 15) is 19.8 Å². The zero-order valence-electron chi connectivity index (χ0n) is 55.3. The number of allylic oxidation sites excluding steroid dienone is 1. The van der Waals surface area contributed by atoms with Gasteiger partial charge in [-0.05, 0) is 32.1 Å². The second-order valence-electron chi connectivity index (χ2n) is 26.0. The van der Waals surface area contributed by atoms with E-state index in [1.807, 2.05) is 6.08 Å². The number of aliphatic hydroxyl groups is 2. The molecule has 1 amide bonds. The van der Waals surface area contributed by atoms with Crippen molar-refractivity contribution in [1.82, 2.24) is 5.32 Å².